The predicted octanol–water partition coefficient (Wildman–Crippen LogP) is 3.95. The van der Waals surface area contributed by atoms with Crippen molar-refractivity contribution in [2.24, 2.45) is 0 Å². The molecule has 0 spiro atoms. The lowest BCUT2D eigenvalue weighted by Crippen LogP contribution is -2.11. The number of aromatic nitrogens is 5. The smallest absolute Gasteiger partial charge is 0.283 e. The minimum atomic E-state index is -2.66. The van der Waals surface area contributed by atoms with Gasteiger partial charge in [-0.25, -0.2) is 8.78 Å². The summed E-state index contributed by atoms with van der Waals surface area (Å²) in [7, 11) is 0. The van der Waals surface area contributed by atoms with Crippen molar-refractivity contribution >= 4 is 15.9 Å². The van der Waals surface area contributed by atoms with Crippen LogP contribution in [0.5, 0.6) is 0 Å². The van der Waals surface area contributed by atoms with Crippen LogP contribution in [0, 0.1) is 6.92 Å². The molecule has 0 aliphatic heterocycles. The number of hydrogen-bond acceptors (Lipinski definition) is 5. The number of rotatable bonds is 4. The molecule has 23 heavy (non-hydrogen) atoms. The van der Waals surface area contributed by atoms with Crippen LogP contribution in [0.15, 0.2) is 33.3 Å². The molecule has 0 aliphatic rings. The van der Waals surface area contributed by atoms with Crippen molar-refractivity contribution in [3.05, 3.63) is 46.1 Å². The zero-order valence-electron chi connectivity index (χ0n) is 12.2. The zero-order valence-corrected chi connectivity index (χ0v) is 13.8. The van der Waals surface area contributed by atoms with Crippen LogP contribution < -0.4 is 0 Å². The minimum absolute atomic E-state index is 0.268. The fraction of sp³-hybridized carbons (Fsp3) is 0.286. The van der Waals surface area contributed by atoms with Crippen LogP contribution in [0.2, 0.25) is 0 Å². The van der Waals surface area contributed by atoms with Crippen molar-refractivity contribution in [2.45, 2.75) is 26.3 Å². The van der Waals surface area contributed by atoms with Crippen LogP contribution in [0.25, 0.3) is 11.6 Å². The van der Waals surface area contributed by atoms with Crippen molar-refractivity contribution in [1.82, 2.24) is 25.0 Å². The van der Waals surface area contributed by atoms with Crippen molar-refractivity contribution in [1.29, 1.82) is 0 Å². The summed E-state index contributed by atoms with van der Waals surface area (Å²) in [6.45, 7) is 3.44. The second-order valence-corrected chi connectivity index (χ2v) is 5.66. The Kier molecular flexibility index (Phi) is 4.20. The van der Waals surface area contributed by atoms with E-state index in [1.807, 2.05) is 0 Å². The molecule has 0 fully saturated rings. The van der Waals surface area contributed by atoms with Crippen LogP contribution in [0.4, 0.5) is 8.78 Å². The molecule has 0 saturated heterocycles. The molecule has 120 valence electrons. The van der Waals surface area contributed by atoms with Gasteiger partial charge in [-0.2, -0.15) is 5.10 Å². The van der Waals surface area contributed by atoms with E-state index in [0.717, 1.165) is 0 Å². The molecule has 0 aromatic carbocycles. The van der Waals surface area contributed by atoms with E-state index in [1.54, 1.807) is 38.2 Å². The molecule has 0 amide bonds. The molecule has 0 radical (unpaired) electrons. The zero-order chi connectivity index (χ0) is 16.6. The molecule has 0 bridgehead atoms. The molecule has 1 unspecified atom stereocenters. The van der Waals surface area contributed by atoms with E-state index in [1.165, 1.54) is 4.68 Å². The van der Waals surface area contributed by atoms with Crippen molar-refractivity contribution in [3.8, 4) is 11.6 Å². The van der Waals surface area contributed by atoms with Crippen molar-refractivity contribution in [3.63, 3.8) is 0 Å². The number of pyridine rings is 1. The molecule has 0 aliphatic carbocycles. The molecule has 3 aromatic heterocycles. The van der Waals surface area contributed by atoms with Crippen molar-refractivity contribution in [2.75, 3.05) is 0 Å². The molecular weight excluding hydrogens is 372 g/mol. The van der Waals surface area contributed by atoms with Crippen LogP contribution in [-0.4, -0.2) is 25.0 Å². The predicted molar refractivity (Wildman–Crippen MR) is 81.0 cm³/mol. The van der Waals surface area contributed by atoms with Gasteiger partial charge in [0.05, 0.1) is 10.2 Å². The van der Waals surface area contributed by atoms with Gasteiger partial charge in [0, 0.05) is 6.20 Å². The second kappa shape index (κ2) is 6.15. The van der Waals surface area contributed by atoms with E-state index in [-0.39, 0.29) is 21.9 Å². The maximum Gasteiger partial charge on any atom is 0.283 e. The third-order valence-electron chi connectivity index (χ3n) is 3.36. The van der Waals surface area contributed by atoms with E-state index in [2.05, 4.69) is 36.2 Å². The molecule has 3 rings (SSSR count). The summed E-state index contributed by atoms with van der Waals surface area (Å²) in [6, 6.07) is 4.84. The summed E-state index contributed by atoms with van der Waals surface area (Å²) >= 11 is 3.14. The Morgan fingerprint density at radius 1 is 1.26 bits per heavy atom. The summed E-state index contributed by atoms with van der Waals surface area (Å²) in [6.07, 6.45) is -1.05. The Morgan fingerprint density at radius 3 is 2.65 bits per heavy atom. The molecule has 3 aromatic rings. The van der Waals surface area contributed by atoms with Crippen molar-refractivity contribution < 1.29 is 13.2 Å². The summed E-state index contributed by atoms with van der Waals surface area (Å²) in [5.41, 5.74) is 0.800. The quantitative estimate of drug-likeness (QED) is 0.682. The first-order valence-corrected chi connectivity index (χ1v) is 7.55. The summed E-state index contributed by atoms with van der Waals surface area (Å²) in [4.78, 5) is 4.13. The lowest BCUT2D eigenvalue weighted by atomic mass is 10.3. The molecule has 0 saturated carbocycles. The van der Waals surface area contributed by atoms with E-state index in [0.29, 0.717) is 11.4 Å². The van der Waals surface area contributed by atoms with Crippen LogP contribution in [0.1, 0.15) is 36.7 Å². The van der Waals surface area contributed by atoms with E-state index in [4.69, 9.17) is 4.42 Å². The fourth-order valence-electron chi connectivity index (χ4n) is 2.14. The SMILES string of the molecule is Cc1c(Br)c(C(F)F)nn1C(C)c1nnc(-c2ccccn2)o1. The summed E-state index contributed by atoms with van der Waals surface area (Å²) < 4.78 is 33.2. The van der Waals surface area contributed by atoms with Crippen LogP contribution in [0.3, 0.4) is 0 Å². The van der Waals surface area contributed by atoms with Gasteiger partial charge in [0.1, 0.15) is 17.4 Å². The van der Waals surface area contributed by atoms with E-state index in [9.17, 15) is 8.78 Å². The lowest BCUT2D eigenvalue weighted by Gasteiger charge is -2.09. The van der Waals surface area contributed by atoms with Gasteiger partial charge in [-0.1, -0.05) is 6.07 Å². The Labute approximate surface area is 138 Å². The van der Waals surface area contributed by atoms with Gasteiger partial charge in [-0.05, 0) is 41.9 Å². The van der Waals surface area contributed by atoms with Gasteiger partial charge in [0.25, 0.3) is 12.3 Å². The second-order valence-electron chi connectivity index (χ2n) is 4.87. The number of halogens is 3. The van der Waals surface area contributed by atoms with Gasteiger partial charge in [0.15, 0.2) is 0 Å². The van der Waals surface area contributed by atoms with E-state index < -0.39 is 12.5 Å². The standard InChI is InChI=1S/C14H12BrF2N5O/c1-7-10(15)11(12(16)17)21-22(7)8(2)13-19-20-14(23-13)9-5-3-4-6-18-9/h3-6,8,12H,1-2H3. The molecule has 6 nitrogen and oxygen atoms in total. The molecule has 3 heterocycles. The average molecular weight is 384 g/mol. The van der Waals surface area contributed by atoms with Gasteiger partial charge < -0.3 is 4.42 Å². The Balaban J connectivity index is 1.94. The Hall–Kier alpha value is -2.16. The summed E-state index contributed by atoms with van der Waals surface area (Å²) in [5.74, 6) is 0.537. The monoisotopic (exact) mass is 383 g/mol. The highest BCUT2D eigenvalue weighted by Gasteiger charge is 2.25. The molecule has 0 N–H and O–H groups in total. The van der Waals surface area contributed by atoms with Crippen LogP contribution >= 0.6 is 15.9 Å². The first kappa shape index (κ1) is 15.7. The maximum atomic E-state index is 12.9. The number of nitrogens with zero attached hydrogens (tertiary/aromatic N) is 5. The van der Waals surface area contributed by atoms with Crippen LogP contribution in [-0.2, 0) is 0 Å². The molecular formula is C14H12BrF2N5O. The maximum absolute atomic E-state index is 12.9. The number of alkyl halides is 2. The third-order valence-corrected chi connectivity index (χ3v) is 4.34. The highest BCUT2D eigenvalue weighted by Crippen LogP contribution is 2.32. The first-order chi connectivity index (χ1) is 11.0. The lowest BCUT2D eigenvalue weighted by molar-refractivity contribution is 0.144. The van der Waals surface area contributed by atoms with Gasteiger partial charge in [0.2, 0.25) is 5.89 Å². The molecule has 9 heteroatoms. The highest BCUT2D eigenvalue weighted by molar-refractivity contribution is 9.10. The summed E-state index contributed by atoms with van der Waals surface area (Å²) in [5, 5.41) is 11.9. The highest BCUT2D eigenvalue weighted by atomic mass is 79.9. The number of hydrogen-bond donors (Lipinski definition) is 0. The largest absolute Gasteiger partial charge is 0.417 e. The third kappa shape index (κ3) is 2.88. The normalized spacial score (nSPS) is 12.8. The van der Waals surface area contributed by atoms with Gasteiger partial charge in [-0.15, -0.1) is 10.2 Å². The Morgan fingerprint density at radius 2 is 2.04 bits per heavy atom. The van der Waals surface area contributed by atoms with E-state index >= 15 is 0 Å². The minimum Gasteiger partial charge on any atom is -0.417 e. The molecule has 1 atom stereocenters. The van der Waals surface area contributed by atoms with Gasteiger partial charge in [-0.3, -0.25) is 9.67 Å². The fourth-order valence-corrected chi connectivity index (χ4v) is 2.57. The Bertz CT molecular complexity index is 818. The average Bonchev–Trinajstić information content (AvgIpc) is 3.14. The topological polar surface area (TPSA) is 69.6 Å². The van der Waals surface area contributed by atoms with Gasteiger partial charge >= 0.3 is 0 Å². The first-order valence-electron chi connectivity index (χ1n) is 6.76.